The van der Waals surface area contributed by atoms with Crippen molar-refractivity contribution in [1.29, 1.82) is 0 Å². The Morgan fingerprint density at radius 2 is 2.23 bits per heavy atom. The molecule has 0 unspecified atom stereocenters. The zero-order chi connectivity index (χ0) is 15.5. The van der Waals surface area contributed by atoms with Crippen LogP contribution in [0.3, 0.4) is 0 Å². The number of aromatic nitrogens is 3. The Bertz CT molecular complexity index is 619. The van der Waals surface area contributed by atoms with Crippen LogP contribution < -0.4 is 4.90 Å². The van der Waals surface area contributed by atoms with Gasteiger partial charge in [-0.3, -0.25) is 9.58 Å². The van der Waals surface area contributed by atoms with E-state index in [2.05, 4.69) is 45.1 Å². The lowest BCUT2D eigenvalue weighted by Gasteiger charge is -2.25. The third-order valence-corrected chi connectivity index (χ3v) is 4.37. The molecule has 118 valence electrons. The van der Waals surface area contributed by atoms with Gasteiger partial charge >= 0.3 is 0 Å². The van der Waals surface area contributed by atoms with E-state index in [9.17, 15) is 0 Å². The molecule has 3 heterocycles. The summed E-state index contributed by atoms with van der Waals surface area (Å²) in [5, 5.41) is 4.39. The standard InChI is InChI=1S/C17H25N5/c1-4-22-13-14(11-19-22)12-21-9-5-6-16(21)15-7-8-18-17(10-15)20(2)3/h7-8,10-11,13,16H,4-6,9,12H2,1-3H3/t16-/m0/s1. The first-order valence-corrected chi connectivity index (χ1v) is 8.06. The molecular weight excluding hydrogens is 274 g/mol. The molecule has 0 radical (unpaired) electrons. The number of nitrogens with zero attached hydrogens (tertiary/aromatic N) is 5. The van der Waals surface area contributed by atoms with Gasteiger partial charge < -0.3 is 4.90 Å². The molecule has 22 heavy (non-hydrogen) atoms. The molecule has 0 spiro atoms. The molecule has 0 N–H and O–H groups in total. The highest BCUT2D eigenvalue weighted by Crippen LogP contribution is 2.33. The summed E-state index contributed by atoms with van der Waals surface area (Å²) in [5.74, 6) is 1.03. The molecule has 1 aliphatic rings. The Hall–Kier alpha value is -1.88. The van der Waals surface area contributed by atoms with Crippen molar-refractivity contribution >= 4 is 5.82 Å². The van der Waals surface area contributed by atoms with E-state index in [1.807, 2.05) is 31.2 Å². The van der Waals surface area contributed by atoms with Crippen LogP contribution in [0.5, 0.6) is 0 Å². The summed E-state index contributed by atoms with van der Waals surface area (Å²) in [6.07, 6.45) is 8.56. The topological polar surface area (TPSA) is 37.2 Å². The number of likely N-dealkylation sites (tertiary alicyclic amines) is 1. The van der Waals surface area contributed by atoms with E-state index in [1.165, 1.54) is 24.0 Å². The van der Waals surface area contributed by atoms with Crippen molar-refractivity contribution < 1.29 is 0 Å². The SMILES string of the molecule is CCn1cc(CN2CCC[C@H]2c2ccnc(N(C)C)c2)cn1. The second-order valence-electron chi connectivity index (χ2n) is 6.17. The summed E-state index contributed by atoms with van der Waals surface area (Å²) in [5.41, 5.74) is 2.68. The van der Waals surface area contributed by atoms with E-state index in [0.29, 0.717) is 6.04 Å². The Morgan fingerprint density at radius 3 is 2.95 bits per heavy atom. The van der Waals surface area contributed by atoms with Gasteiger partial charge in [0.15, 0.2) is 0 Å². The van der Waals surface area contributed by atoms with E-state index < -0.39 is 0 Å². The lowest BCUT2D eigenvalue weighted by molar-refractivity contribution is 0.248. The molecule has 0 bridgehead atoms. The molecule has 1 aliphatic heterocycles. The van der Waals surface area contributed by atoms with Crippen LogP contribution in [-0.4, -0.2) is 40.3 Å². The Kier molecular flexibility index (Phi) is 4.43. The zero-order valence-electron chi connectivity index (χ0n) is 13.7. The minimum Gasteiger partial charge on any atom is -0.363 e. The van der Waals surface area contributed by atoms with E-state index in [4.69, 9.17) is 0 Å². The predicted molar refractivity (Wildman–Crippen MR) is 88.9 cm³/mol. The average molecular weight is 299 g/mol. The largest absolute Gasteiger partial charge is 0.363 e. The van der Waals surface area contributed by atoms with Gasteiger partial charge in [-0.15, -0.1) is 0 Å². The molecule has 5 heteroatoms. The second kappa shape index (κ2) is 6.48. The van der Waals surface area contributed by atoms with E-state index in [-0.39, 0.29) is 0 Å². The molecule has 1 saturated heterocycles. The third-order valence-electron chi connectivity index (χ3n) is 4.37. The molecular formula is C17H25N5. The number of aryl methyl sites for hydroxylation is 1. The predicted octanol–water partition coefficient (Wildman–Crippen LogP) is 2.70. The van der Waals surface area contributed by atoms with Crippen molar-refractivity contribution in [2.75, 3.05) is 25.5 Å². The van der Waals surface area contributed by atoms with Crippen molar-refractivity contribution in [2.45, 2.75) is 38.9 Å². The lowest BCUT2D eigenvalue weighted by atomic mass is 10.1. The summed E-state index contributed by atoms with van der Waals surface area (Å²) in [6, 6.07) is 4.87. The van der Waals surface area contributed by atoms with Crippen molar-refractivity contribution in [3.63, 3.8) is 0 Å². The van der Waals surface area contributed by atoms with Gasteiger partial charge in [-0.2, -0.15) is 5.10 Å². The summed E-state index contributed by atoms with van der Waals surface area (Å²) < 4.78 is 2.00. The number of hydrogen-bond acceptors (Lipinski definition) is 4. The van der Waals surface area contributed by atoms with Gasteiger partial charge in [-0.1, -0.05) is 0 Å². The average Bonchev–Trinajstić information content (AvgIpc) is 3.17. The maximum absolute atomic E-state index is 4.43. The fourth-order valence-corrected chi connectivity index (χ4v) is 3.17. The molecule has 2 aromatic rings. The van der Waals surface area contributed by atoms with Crippen molar-refractivity contribution in [1.82, 2.24) is 19.7 Å². The summed E-state index contributed by atoms with van der Waals surface area (Å²) in [7, 11) is 4.08. The highest BCUT2D eigenvalue weighted by atomic mass is 15.3. The lowest BCUT2D eigenvalue weighted by Crippen LogP contribution is -2.23. The molecule has 5 nitrogen and oxygen atoms in total. The Labute approximate surface area is 132 Å². The van der Waals surface area contributed by atoms with Gasteiger partial charge in [0.1, 0.15) is 5.82 Å². The first-order valence-electron chi connectivity index (χ1n) is 8.06. The number of hydrogen-bond donors (Lipinski definition) is 0. The third kappa shape index (κ3) is 3.14. The Morgan fingerprint density at radius 1 is 1.36 bits per heavy atom. The minimum absolute atomic E-state index is 0.492. The highest BCUT2D eigenvalue weighted by molar-refractivity contribution is 5.40. The number of pyridine rings is 1. The van der Waals surface area contributed by atoms with Crippen LogP contribution in [0.25, 0.3) is 0 Å². The molecule has 3 rings (SSSR count). The molecule has 1 fully saturated rings. The molecule has 0 saturated carbocycles. The molecule has 0 amide bonds. The monoisotopic (exact) mass is 299 g/mol. The summed E-state index contributed by atoms with van der Waals surface area (Å²) >= 11 is 0. The van der Waals surface area contributed by atoms with Crippen molar-refractivity contribution in [2.24, 2.45) is 0 Å². The normalized spacial score (nSPS) is 18.8. The van der Waals surface area contributed by atoms with Gasteiger partial charge in [0.05, 0.1) is 6.20 Å². The highest BCUT2D eigenvalue weighted by Gasteiger charge is 2.26. The van der Waals surface area contributed by atoms with Crippen LogP contribution in [0.2, 0.25) is 0 Å². The van der Waals surface area contributed by atoms with Gasteiger partial charge in [0.2, 0.25) is 0 Å². The van der Waals surface area contributed by atoms with Crippen LogP contribution in [0, 0.1) is 0 Å². The van der Waals surface area contributed by atoms with E-state index >= 15 is 0 Å². The van der Waals surface area contributed by atoms with Gasteiger partial charge in [0, 0.05) is 51.2 Å². The summed E-state index contributed by atoms with van der Waals surface area (Å²) in [4.78, 5) is 9.05. The molecule has 1 atom stereocenters. The molecule has 0 aromatic carbocycles. The second-order valence-corrected chi connectivity index (χ2v) is 6.17. The van der Waals surface area contributed by atoms with Gasteiger partial charge in [0.25, 0.3) is 0 Å². The Balaban J connectivity index is 1.76. The smallest absolute Gasteiger partial charge is 0.128 e. The van der Waals surface area contributed by atoms with Crippen LogP contribution in [0.1, 0.15) is 36.9 Å². The van der Waals surface area contributed by atoms with Gasteiger partial charge in [-0.05, 0) is 44.0 Å². The van der Waals surface area contributed by atoms with E-state index in [1.54, 1.807) is 0 Å². The van der Waals surface area contributed by atoms with Crippen LogP contribution >= 0.6 is 0 Å². The number of anilines is 1. The van der Waals surface area contributed by atoms with E-state index in [0.717, 1.165) is 25.5 Å². The fraction of sp³-hybridized carbons (Fsp3) is 0.529. The maximum atomic E-state index is 4.43. The van der Waals surface area contributed by atoms with Crippen molar-refractivity contribution in [3.05, 3.63) is 41.9 Å². The van der Waals surface area contributed by atoms with Crippen molar-refractivity contribution in [3.8, 4) is 0 Å². The van der Waals surface area contributed by atoms with Crippen LogP contribution in [0.15, 0.2) is 30.7 Å². The quantitative estimate of drug-likeness (QED) is 0.850. The minimum atomic E-state index is 0.492. The van der Waals surface area contributed by atoms with Gasteiger partial charge in [-0.25, -0.2) is 4.98 Å². The number of rotatable bonds is 5. The first kappa shape index (κ1) is 15.0. The summed E-state index contributed by atoms with van der Waals surface area (Å²) in [6.45, 7) is 5.18. The van der Waals surface area contributed by atoms with Crippen LogP contribution in [0.4, 0.5) is 5.82 Å². The maximum Gasteiger partial charge on any atom is 0.128 e. The fourth-order valence-electron chi connectivity index (χ4n) is 3.17. The zero-order valence-corrected chi connectivity index (χ0v) is 13.7. The molecule has 2 aromatic heterocycles. The molecule has 0 aliphatic carbocycles. The first-order chi connectivity index (χ1) is 10.7. The van der Waals surface area contributed by atoms with Crippen LogP contribution in [-0.2, 0) is 13.1 Å².